The summed E-state index contributed by atoms with van der Waals surface area (Å²) >= 11 is 0. The molecule has 102 valence electrons. The van der Waals surface area contributed by atoms with Crippen LogP contribution < -0.4 is 5.32 Å². The van der Waals surface area contributed by atoms with Crippen molar-refractivity contribution in [2.24, 2.45) is 5.92 Å². The lowest BCUT2D eigenvalue weighted by atomic mass is 9.85. The summed E-state index contributed by atoms with van der Waals surface area (Å²) in [5, 5.41) is 3.72. The Morgan fingerprint density at radius 3 is 2.47 bits per heavy atom. The minimum atomic E-state index is -0.226. The van der Waals surface area contributed by atoms with Crippen LogP contribution in [0.25, 0.3) is 0 Å². The fourth-order valence-corrected chi connectivity index (χ4v) is 2.92. The molecule has 0 spiro atoms. The maximum Gasteiger partial charge on any atom is 0.102 e. The van der Waals surface area contributed by atoms with E-state index in [1.54, 1.807) is 0 Å². The number of halogens is 1. The normalized spacial score (nSPS) is 27.0. The van der Waals surface area contributed by atoms with Crippen molar-refractivity contribution in [1.82, 2.24) is 10.2 Å². The van der Waals surface area contributed by atoms with Crippen LogP contribution in [0.2, 0.25) is 0 Å². The molecule has 0 aliphatic carbocycles. The van der Waals surface area contributed by atoms with Crippen LogP contribution in [0.3, 0.4) is 0 Å². The Kier molecular flexibility index (Phi) is 5.87. The van der Waals surface area contributed by atoms with Gasteiger partial charge >= 0.3 is 0 Å². The van der Waals surface area contributed by atoms with E-state index in [1.165, 1.54) is 6.42 Å². The summed E-state index contributed by atoms with van der Waals surface area (Å²) in [6.45, 7) is 11.3. The van der Waals surface area contributed by atoms with Crippen LogP contribution in [0.15, 0.2) is 0 Å². The second kappa shape index (κ2) is 6.69. The Morgan fingerprint density at radius 1 is 1.35 bits per heavy atom. The van der Waals surface area contributed by atoms with Crippen molar-refractivity contribution in [3.63, 3.8) is 0 Å². The summed E-state index contributed by atoms with van der Waals surface area (Å²) in [5.41, 5.74) is 0.207. The van der Waals surface area contributed by atoms with Crippen LogP contribution >= 0.6 is 0 Å². The molecular weight excluding hydrogens is 215 g/mol. The maximum absolute atomic E-state index is 12.7. The smallest absolute Gasteiger partial charge is 0.102 e. The van der Waals surface area contributed by atoms with Gasteiger partial charge in [-0.1, -0.05) is 34.1 Å². The Morgan fingerprint density at radius 2 is 2.00 bits per heavy atom. The summed E-state index contributed by atoms with van der Waals surface area (Å²) in [6.07, 6.45) is 3.42. The van der Waals surface area contributed by atoms with Crippen molar-refractivity contribution >= 4 is 0 Å². The molecule has 0 bridgehead atoms. The molecule has 0 aromatic carbocycles. The average Bonchev–Trinajstić information content (AvgIpc) is 2.38. The van der Waals surface area contributed by atoms with Gasteiger partial charge in [0.1, 0.15) is 6.67 Å². The molecule has 1 rings (SSSR count). The molecule has 1 aliphatic rings. The minimum absolute atomic E-state index is 0.207. The Hall–Kier alpha value is -0.150. The van der Waals surface area contributed by atoms with Crippen molar-refractivity contribution in [1.29, 1.82) is 0 Å². The zero-order valence-corrected chi connectivity index (χ0v) is 11.9. The molecule has 2 nitrogen and oxygen atoms in total. The Balaban J connectivity index is 2.72. The number of nitrogens with one attached hydrogen (secondary N) is 1. The monoisotopic (exact) mass is 244 g/mol. The third-order valence-electron chi connectivity index (χ3n) is 4.69. The molecular formula is C14H29FN2. The predicted octanol–water partition coefficient (Wildman–Crippen LogP) is 2.83. The highest BCUT2D eigenvalue weighted by Crippen LogP contribution is 2.26. The fourth-order valence-electron chi connectivity index (χ4n) is 2.92. The standard InChI is InChI=1S/C14H29FN2/c1-5-12(4)13-10-16-14(6-2,7-3)11-17(13)9-8-15/h12-13,16H,5-11H2,1-4H3. The van der Waals surface area contributed by atoms with E-state index in [0.717, 1.165) is 25.9 Å². The van der Waals surface area contributed by atoms with E-state index in [-0.39, 0.29) is 12.2 Å². The zero-order chi connectivity index (χ0) is 12.9. The molecule has 0 aromatic heterocycles. The summed E-state index contributed by atoms with van der Waals surface area (Å²) in [5.74, 6) is 0.640. The highest BCUT2D eigenvalue weighted by molar-refractivity contribution is 4.97. The quantitative estimate of drug-likeness (QED) is 0.773. The van der Waals surface area contributed by atoms with E-state index in [2.05, 4.69) is 37.9 Å². The summed E-state index contributed by atoms with van der Waals surface area (Å²) in [7, 11) is 0. The molecule has 0 amide bonds. The van der Waals surface area contributed by atoms with Crippen molar-refractivity contribution in [3.05, 3.63) is 0 Å². The van der Waals surface area contributed by atoms with Gasteiger partial charge in [0.05, 0.1) is 0 Å². The summed E-state index contributed by atoms with van der Waals surface area (Å²) in [4.78, 5) is 2.37. The predicted molar refractivity (Wildman–Crippen MR) is 72.1 cm³/mol. The van der Waals surface area contributed by atoms with E-state index in [1.807, 2.05) is 0 Å². The number of alkyl halides is 1. The molecule has 0 saturated carbocycles. The van der Waals surface area contributed by atoms with Gasteiger partial charge in [0.25, 0.3) is 0 Å². The number of piperazine rings is 1. The Labute approximate surface area is 106 Å². The summed E-state index contributed by atoms with van der Waals surface area (Å²) < 4.78 is 12.7. The molecule has 2 atom stereocenters. The number of nitrogens with zero attached hydrogens (tertiary/aromatic N) is 1. The van der Waals surface area contributed by atoms with E-state index in [9.17, 15) is 4.39 Å². The first kappa shape index (κ1) is 14.9. The maximum atomic E-state index is 12.7. The third-order valence-corrected chi connectivity index (χ3v) is 4.69. The highest BCUT2D eigenvalue weighted by atomic mass is 19.1. The van der Waals surface area contributed by atoms with Gasteiger partial charge in [0, 0.05) is 31.2 Å². The van der Waals surface area contributed by atoms with Crippen LogP contribution in [0.1, 0.15) is 47.0 Å². The van der Waals surface area contributed by atoms with Crippen LogP contribution in [-0.2, 0) is 0 Å². The largest absolute Gasteiger partial charge is 0.308 e. The van der Waals surface area contributed by atoms with Gasteiger partial charge in [0.15, 0.2) is 0 Å². The second-order valence-electron chi connectivity index (χ2n) is 5.48. The second-order valence-corrected chi connectivity index (χ2v) is 5.48. The lowest BCUT2D eigenvalue weighted by Gasteiger charge is -2.49. The third kappa shape index (κ3) is 3.41. The lowest BCUT2D eigenvalue weighted by molar-refractivity contribution is 0.0414. The first-order valence-electron chi connectivity index (χ1n) is 7.17. The minimum Gasteiger partial charge on any atom is -0.308 e. The van der Waals surface area contributed by atoms with Gasteiger partial charge in [-0.05, 0) is 18.8 Å². The average molecular weight is 244 g/mol. The zero-order valence-electron chi connectivity index (χ0n) is 11.9. The molecule has 2 unspecified atom stereocenters. The number of hydrogen-bond donors (Lipinski definition) is 1. The van der Waals surface area contributed by atoms with E-state index < -0.39 is 0 Å². The molecule has 3 heteroatoms. The highest BCUT2D eigenvalue weighted by Gasteiger charge is 2.37. The first-order chi connectivity index (χ1) is 8.12. The van der Waals surface area contributed by atoms with Gasteiger partial charge < -0.3 is 5.32 Å². The van der Waals surface area contributed by atoms with Gasteiger partial charge in [-0.15, -0.1) is 0 Å². The van der Waals surface area contributed by atoms with Crippen molar-refractivity contribution in [2.45, 2.75) is 58.5 Å². The van der Waals surface area contributed by atoms with Gasteiger partial charge in [-0.2, -0.15) is 0 Å². The van der Waals surface area contributed by atoms with E-state index in [4.69, 9.17) is 0 Å². The molecule has 1 heterocycles. The van der Waals surface area contributed by atoms with Crippen molar-refractivity contribution < 1.29 is 4.39 Å². The van der Waals surface area contributed by atoms with Gasteiger partial charge in [-0.3, -0.25) is 4.90 Å². The van der Waals surface area contributed by atoms with Crippen LogP contribution in [-0.4, -0.2) is 42.8 Å². The van der Waals surface area contributed by atoms with Gasteiger partial charge in [0.2, 0.25) is 0 Å². The topological polar surface area (TPSA) is 15.3 Å². The molecule has 1 aliphatic heterocycles. The molecule has 0 radical (unpaired) electrons. The molecule has 1 fully saturated rings. The molecule has 17 heavy (non-hydrogen) atoms. The SMILES string of the molecule is CCC(C)C1CNC(CC)(CC)CN1CCF. The first-order valence-corrected chi connectivity index (χ1v) is 7.17. The number of rotatable bonds is 6. The van der Waals surface area contributed by atoms with Crippen molar-refractivity contribution in [2.75, 3.05) is 26.3 Å². The van der Waals surface area contributed by atoms with Crippen LogP contribution in [0.5, 0.6) is 0 Å². The van der Waals surface area contributed by atoms with E-state index in [0.29, 0.717) is 18.5 Å². The van der Waals surface area contributed by atoms with E-state index >= 15 is 0 Å². The number of hydrogen-bond acceptors (Lipinski definition) is 2. The van der Waals surface area contributed by atoms with Crippen LogP contribution in [0, 0.1) is 5.92 Å². The Bertz CT molecular complexity index is 216. The molecule has 1 N–H and O–H groups in total. The molecule has 1 saturated heterocycles. The fraction of sp³-hybridized carbons (Fsp3) is 1.00. The van der Waals surface area contributed by atoms with Gasteiger partial charge in [-0.25, -0.2) is 4.39 Å². The van der Waals surface area contributed by atoms with Crippen molar-refractivity contribution in [3.8, 4) is 0 Å². The lowest BCUT2D eigenvalue weighted by Crippen LogP contribution is -2.65. The summed E-state index contributed by atoms with van der Waals surface area (Å²) in [6, 6.07) is 0.502. The molecule has 0 aromatic rings. The van der Waals surface area contributed by atoms with Crippen LogP contribution in [0.4, 0.5) is 4.39 Å².